The molecule has 1 nitrogen and oxygen atoms in total. The fourth-order valence-electron chi connectivity index (χ4n) is 1.18. The fraction of sp³-hybridized carbons (Fsp3) is 0. The third kappa shape index (κ3) is 1.95. The highest BCUT2D eigenvalue weighted by molar-refractivity contribution is 9.10. The number of rotatable bonds is 1. The van der Waals surface area contributed by atoms with Gasteiger partial charge in [-0.1, -0.05) is 22.0 Å². The number of pyridine rings is 1. The number of nitrogens with zero attached hydrogens (tertiary/aromatic N) is 1. The average molecular weight is 235 g/mol. The Kier molecular flexibility index (Phi) is 2.41. The van der Waals surface area contributed by atoms with Gasteiger partial charge in [-0.15, -0.1) is 0 Å². The van der Waals surface area contributed by atoms with Gasteiger partial charge in [0.25, 0.3) is 0 Å². The Morgan fingerprint density at radius 3 is 2.08 bits per heavy atom. The SMILES string of the molecule is Brc1ccc(-[n+]2ccccc2)cc1. The van der Waals surface area contributed by atoms with Gasteiger partial charge < -0.3 is 0 Å². The van der Waals surface area contributed by atoms with Crippen molar-refractivity contribution in [3.8, 4) is 5.69 Å². The van der Waals surface area contributed by atoms with Crippen LogP contribution in [-0.2, 0) is 0 Å². The highest BCUT2D eigenvalue weighted by atomic mass is 79.9. The minimum absolute atomic E-state index is 1.10. The van der Waals surface area contributed by atoms with Gasteiger partial charge in [-0.2, -0.15) is 4.57 Å². The Morgan fingerprint density at radius 1 is 0.846 bits per heavy atom. The summed E-state index contributed by atoms with van der Waals surface area (Å²) < 4.78 is 3.18. The normalized spacial score (nSPS) is 9.92. The van der Waals surface area contributed by atoms with Crippen LogP contribution in [0.15, 0.2) is 59.3 Å². The van der Waals surface area contributed by atoms with Crippen LogP contribution in [0.1, 0.15) is 0 Å². The summed E-state index contributed by atoms with van der Waals surface area (Å²) in [6.45, 7) is 0. The maximum absolute atomic E-state index is 3.41. The number of hydrogen-bond donors (Lipinski definition) is 0. The molecule has 2 aromatic rings. The molecular weight excluding hydrogens is 226 g/mol. The van der Waals surface area contributed by atoms with Crippen LogP contribution in [0.25, 0.3) is 5.69 Å². The first kappa shape index (κ1) is 8.45. The first-order valence-corrected chi connectivity index (χ1v) is 4.88. The molecule has 0 radical (unpaired) electrons. The summed E-state index contributed by atoms with van der Waals surface area (Å²) in [7, 11) is 0. The molecule has 64 valence electrons. The van der Waals surface area contributed by atoms with Crippen LogP contribution in [0.4, 0.5) is 0 Å². The molecule has 0 aliphatic heterocycles. The lowest BCUT2D eigenvalue weighted by Gasteiger charge is -1.94. The largest absolute Gasteiger partial charge is 0.210 e. The zero-order valence-corrected chi connectivity index (χ0v) is 8.61. The summed E-state index contributed by atoms with van der Waals surface area (Å²) in [6.07, 6.45) is 4.06. The Bertz CT molecular complexity index is 381. The monoisotopic (exact) mass is 234 g/mol. The molecule has 2 rings (SSSR count). The van der Waals surface area contributed by atoms with Crippen LogP contribution in [0.5, 0.6) is 0 Å². The molecule has 0 atom stereocenters. The van der Waals surface area contributed by atoms with Crippen molar-refractivity contribution in [3.05, 3.63) is 59.3 Å². The summed E-state index contributed by atoms with van der Waals surface area (Å²) in [4.78, 5) is 0. The van der Waals surface area contributed by atoms with Crippen molar-refractivity contribution in [1.29, 1.82) is 0 Å². The zero-order valence-electron chi connectivity index (χ0n) is 7.02. The quantitative estimate of drug-likeness (QED) is 0.669. The highest BCUT2D eigenvalue weighted by Crippen LogP contribution is 2.09. The van der Waals surface area contributed by atoms with Crippen LogP contribution < -0.4 is 4.57 Å². The lowest BCUT2D eigenvalue weighted by molar-refractivity contribution is -0.595. The molecule has 0 saturated heterocycles. The van der Waals surface area contributed by atoms with Crippen molar-refractivity contribution in [2.45, 2.75) is 0 Å². The van der Waals surface area contributed by atoms with Crippen LogP contribution in [-0.4, -0.2) is 0 Å². The van der Waals surface area contributed by atoms with Crippen molar-refractivity contribution in [3.63, 3.8) is 0 Å². The molecule has 1 aromatic carbocycles. The molecule has 2 heteroatoms. The molecule has 1 aromatic heterocycles. The second-order valence-electron chi connectivity index (χ2n) is 2.76. The van der Waals surface area contributed by atoms with E-state index >= 15 is 0 Å². The van der Waals surface area contributed by atoms with Crippen LogP contribution >= 0.6 is 15.9 Å². The summed E-state index contributed by atoms with van der Waals surface area (Å²) in [6, 6.07) is 14.3. The molecule has 0 N–H and O–H groups in total. The Hall–Kier alpha value is -1.15. The van der Waals surface area contributed by atoms with Gasteiger partial charge in [-0.3, -0.25) is 0 Å². The second-order valence-corrected chi connectivity index (χ2v) is 3.67. The predicted octanol–water partition coefficient (Wildman–Crippen LogP) is 2.73. The zero-order chi connectivity index (χ0) is 9.10. The van der Waals surface area contributed by atoms with Crippen molar-refractivity contribution >= 4 is 15.9 Å². The van der Waals surface area contributed by atoms with E-state index in [0.29, 0.717) is 0 Å². The van der Waals surface area contributed by atoms with Crippen molar-refractivity contribution in [2.75, 3.05) is 0 Å². The lowest BCUT2D eigenvalue weighted by atomic mass is 10.3. The van der Waals surface area contributed by atoms with Gasteiger partial charge in [0.2, 0.25) is 5.69 Å². The van der Waals surface area contributed by atoms with E-state index in [1.165, 1.54) is 5.69 Å². The van der Waals surface area contributed by atoms with Crippen molar-refractivity contribution in [2.24, 2.45) is 0 Å². The van der Waals surface area contributed by atoms with Gasteiger partial charge in [-0.25, -0.2) is 0 Å². The van der Waals surface area contributed by atoms with Crippen LogP contribution in [0.2, 0.25) is 0 Å². The van der Waals surface area contributed by atoms with E-state index in [2.05, 4.69) is 32.6 Å². The maximum Gasteiger partial charge on any atom is 0.210 e. The molecule has 0 aliphatic carbocycles. The minimum Gasteiger partial charge on any atom is -0.167 e. The Labute approximate surface area is 85.8 Å². The van der Waals surface area contributed by atoms with Gasteiger partial charge in [-0.05, 0) is 12.1 Å². The van der Waals surface area contributed by atoms with E-state index < -0.39 is 0 Å². The Morgan fingerprint density at radius 2 is 1.46 bits per heavy atom. The molecule has 0 fully saturated rings. The standard InChI is InChI=1S/C11H9BrN/c12-10-4-6-11(7-5-10)13-8-2-1-3-9-13/h1-9H/q+1. The van der Waals surface area contributed by atoms with Gasteiger partial charge in [0.15, 0.2) is 12.4 Å². The summed E-state index contributed by atoms with van der Waals surface area (Å²) in [5.74, 6) is 0. The molecule has 0 spiro atoms. The van der Waals surface area contributed by atoms with Crippen LogP contribution in [0.3, 0.4) is 0 Å². The topological polar surface area (TPSA) is 3.88 Å². The fourth-order valence-corrected chi connectivity index (χ4v) is 1.45. The molecule has 13 heavy (non-hydrogen) atoms. The van der Waals surface area contributed by atoms with E-state index in [1.54, 1.807) is 0 Å². The number of halogens is 1. The second kappa shape index (κ2) is 3.71. The van der Waals surface area contributed by atoms with E-state index in [4.69, 9.17) is 0 Å². The third-order valence-electron chi connectivity index (χ3n) is 1.84. The molecule has 0 amide bonds. The van der Waals surface area contributed by atoms with E-state index in [1.807, 2.05) is 42.7 Å². The van der Waals surface area contributed by atoms with Crippen molar-refractivity contribution < 1.29 is 4.57 Å². The molecule has 0 bridgehead atoms. The van der Waals surface area contributed by atoms with Gasteiger partial charge in [0.1, 0.15) is 0 Å². The maximum atomic E-state index is 3.41. The van der Waals surface area contributed by atoms with E-state index in [9.17, 15) is 0 Å². The Balaban J connectivity index is 2.42. The lowest BCUT2D eigenvalue weighted by Crippen LogP contribution is -2.28. The van der Waals surface area contributed by atoms with Crippen LogP contribution in [0, 0.1) is 0 Å². The molecule has 0 unspecified atom stereocenters. The van der Waals surface area contributed by atoms with Gasteiger partial charge >= 0.3 is 0 Å². The minimum atomic E-state index is 1.10. The summed E-state index contributed by atoms with van der Waals surface area (Å²) in [5.41, 5.74) is 1.17. The average Bonchev–Trinajstić information content (AvgIpc) is 2.20. The third-order valence-corrected chi connectivity index (χ3v) is 2.37. The molecule has 1 heterocycles. The van der Waals surface area contributed by atoms with Gasteiger partial charge in [0.05, 0.1) is 0 Å². The smallest absolute Gasteiger partial charge is 0.167 e. The van der Waals surface area contributed by atoms with Crippen molar-refractivity contribution in [1.82, 2.24) is 0 Å². The number of benzene rings is 1. The first-order chi connectivity index (χ1) is 6.36. The highest BCUT2D eigenvalue weighted by Gasteiger charge is 2.01. The molecule has 0 aliphatic rings. The molecule has 0 saturated carbocycles. The molecular formula is C11H9BrN+. The number of aromatic nitrogens is 1. The summed E-state index contributed by atoms with van der Waals surface area (Å²) >= 11 is 3.41. The number of hydrogen-bond acceptors (Lipinski definition) is 0. The van der Waals surface area contributed by atoms with E-state index in [0.717, 1.165) is 4.47 Å². The first-order valence-electron chi connectivity index (χ1n) is 4.08. The predicted molar refractivity (Wildman–Crippen MR) is 55.7 cm³/mol. The van der Waals surface area contributed by atoms with Gasteiger partial charge in [0, 0.05) is 28.7 Å². The van der Waals surface area contributed by atoms with E-state index in [-0.39, 0.29) is 0 Å². The summed E-state index contributed by atoms with van der Waals surface area (Å²) in [5, 5.41) is 0.